The van der Waals surface area contributed by atoms with Gasteiger partial charge in [-0.25, -0.2) is 0 Å². The number of hydrogen-bond acceptors (Lipinski definition) is 2. The Labute approximate surface area is 122 Å². The lowest BCUT2D eigenvalue weighted by atomic mass is 9.93. The highest BCUT2D eigenvalue weighted by atomic mass is 16.5. The van der Waals surface area contributed by atoms with Gasteiger partial charge in [0.05, 0.1) is 6.61 Å². The predicted octanol–water partition coefficient (Wildman–Crippen LogP) is 4.02. The number of benzene rings is 1. The molecule has 0 saturated heterocycles. The Hall–Kier alpha value is -1.28. The zero-order valence-corrected chi connectivity index (χ0v) is 12.4. The standard InChI is InChI=1S/C18H25NO/c1-2-17(19-13-14-6-4-3-5-7-14)15-8-9-18-16(12-15)10-11-20-18/h3-4,8-9,12,14,17,19H,2,5-7,10-11,13H2,1H3. The quantitative estimate of drug-likeness (QED) is 0.817. The smallest absolute Gasteiger partial charge is 0.122 e. The second-order valence-corrected chi connectivity index (χ2v) is 5.99. The number of fused-ring (bicyclic) bond motifs is 1. The fraction of sp³-hybridized carbons (Fsp3) is 0.556. The second kappa shape index (κ2) is 6.45. The lowest BCUT2D eigenvalue weighted by Crippen LogP contribution is -2.27. The summed E-state index contributed by atoms with van der Waals surface area (Å²) in [7, 11) is 0. The van der Waals surface area contributed by atoms with E-state index < -0.39 is 0 Å². The van der Waals surface area contributed by atoms with Crippen LogP contribution in [0.5, 0.6) is 5.75 Å². The summed E-state index contributed by atoms with van der Waals surface area (Å²) in [5, 5.41) is 3.77. The van der Waals surface area contributed by atoms with Gasteiger partial charge >= 0.3 is 0 Å². The van der Waals surface area contributed by atoms with Crippen molar-refractivity contribution in [2.75, 3.05) is 13.2 Å². The van der Waals surface area contributed by atoms with Crippen LogP contribution in [0.15, 0.2) is 30.4 Å². The first kappa shape index (κ1) is 13.7. The van der Waals surface area contributed by atoms with Crippen LogP contribution in [0.25, 0.3) is 0 Å². The largest absolute Gasteiger partial charge is 0.493 e. The third-order valence-electron chi connectivity index (χ3n) is 4.55. The van der Waals surface area contributed by atoms with E-state index in [0.717, 1.165) is 37.7 Å². The first-order valence-corrected chi connectivity index (χ1v) is 8.01. The fourth-order valence-corrected chi connectivity index (χ4v) is 3.27. The lowest BCUT2D eigenvalue weighted by molar-refractivity contribution is 0.356. The molecule has 2 heteroatoms. The molecule has 2 aliphatic rings. The van der Waals surface area contributed by atoms with Crippen molar-refractivity contribution in [3.05, 3.63) is 41.5 Å². The van der Waals surface area contributed by atoms with Gasteiger partial charge in [-0.1, -0.05) is 31.2 Å². The van der Waals surface area contributed by atoms with Crippen LogP contribution in [0.1, 0.15) is 49.8 Å². The molecule has 2 atom stereocenters. The van der Waals surface area contributed by atoms with Crippen LogP contribution in [0.4, 0.5) is 0 Å². The van der Waals surface area contributed by atoms with Crippen molar-refractivity contribution in [2.24, 2.45) is 5.92 Å². The molecule has 0 spiro atoms. The number of hydrogen-bond donors (Lipinski definition) is 1. The van der Waals surface area contributed by atoms with E-state index in [2.05, 4.69) is 42.6 Å². The summed E-state index contributed by atoms with van der Waals surface area (Å²) in [6, 6.07) is 7.19. The van der Waals surface area contributed by atoms with Gasteiger partial charge in [0, 0.05) is 12.5 Å². The maximum atomic E-state index is 5.59. The Kier molecular flexibility index (Phi) is 4.41. The van der Waals surface area contributed by atoms with Crippen LogP contribution >= 0.6 is 0 Å². The molecule has 0 fully saturated rings. The van der Waals surface area contributed by atoms with Crippen LogP contribution in [0, 0.1) is 5.92 Å². The van der Waals surface area contributed by atoms with Crippen molar-refractivity contribution in [2.45, 2.75) is 45.1 Å². The van der Waals surface area contributed by atoms with Gasteiger partial charge < -0.3 is 10.1 Å². The van der Waals surface area contributed by atoms with Gasteiger partial charge in [-0.3, -0.25) is 0 Å². The number of ether oxygens (including phenoxy) is 1. The Morgan fingerprint density at radius 1 is 1.35 bits per heavy atom. The van der Waals surface area contributed by atoms with Crippen LogP contribution in [0.3, 0.4) is 0 Å². The van der Waals surface area contributed by atoms with Gasteiger partial charge in [0.1, 0.15) is 5.75 Å². The summed E-state index contributed by atoms with van der Waals surface area (Å²) in [6.45, 7) is 4.25. The van der Waals surface area contributed by atoms with E-state index in [-0.39, 0.29) is 0 Å². The minimum Gasteiger partial charge on any atom is -0.493 e. The Morgan fingerprint density at radius 2 is 2.30 bits per heavy atom. The highest BCUT2D eigenvalue weighted by Crippen LogP contribution is 2.29. The molecule has 1 aliphatic carbocycles. The molecule has 2 unspecified atom stereocenters. The molecule has 108 valence electrons. The van der Waals surface area contributed by atoms with E-state index >= 15 is 0 Å². The maximum Gasteiger partial charge on any atom is 0.122 e. The molecule has 3 rings (SSSR count). The van der Waals surface area contributed by atoms with E-state index in [0.29, 0.717) is 6.04 Å². The van der Waals surface area contributed by atoms with Crippen molar-refractivity contribution in [3.8, 4) is 5.75 Å². The average Bonchev–Trinajstić information content (AvgIpc) is 2.96. The van der Waals surface area contributed by atoms with Crippen LogP contribution in [-0.4, -0.2) is 13.2 Å². The fourth-order valence-electron chi connectivity index (χ4n) is 3.27. The zero-order chi connectivity index (χ0) is 13.8. The predicted molar refractivity (Wildman–Crippen MR) is 83.2 cm³/mol. The third kappa shape index (κ3) is 3.06. The Morgan fingerprint density at radius 3 is 3.10 bits per heavy atom. The summed E-state index contributed by atoms with van der Waals surface area (Å²) in [5.41, 5.74) is 2.80. The second-order valence-electron chi connectivity index (χ2n) is 5.99. The first-order chi connectivity index (χ1) is 9.86. The monoisotopic (exact) mass is 271 g/mol. The maximum absolute atomic E-state index is 5.59. The average molecular weight is 271 g/mol. The molecule has 2 nitrogen and oxygen atoms in total. The molecule has 20 heavy (non-hydrogen) atoms. The van der Waals surface area contributed by atoms with Crippen LogP contribution < -0.4 is 10.1 Å². The van der Waals surface area contributed by atoms with Crippen molar-refractivity contribution in [3.63, 3.8) is 0 Å². The van der Waals surface area contributed by atoms with Gasteiger partial charge in [0.2, 0.25) is 0 Å². The topological polar surface area (TPSA) is 21.3 Å². The van der Waals surface area contributed by atoms with Crippen molar-refractivity contribution < 1.29 is 4.74 Å². The van der Waals surface area contributed by atoms with E-state index in [1.165, 1.54) is 30.4 Å². The molecule has 0 radical (unpaired) electrons. The Balaban J connectivity index is 1.62. The summed E-state index contributed by atoms with van der Waals surface area (Å²) in [5.74, 6) is 1.90. The van der Waals surface area contributed by atoms with E-state index in [1.807, 2.05) is 0 Å². The van der Waals surface area contributed by atoms with Gasteiger partial charge in [-0.2, -0.15) is 0 Å². The minimum absolute atomic E-state index is 0.479. The summed E-state index contributed by atoms with van der Waals surface area (Å²) in [4.78, 5) is 0. The zero-order valence-electron chi connectivity index (χ0n) is 12.4. The van der Waals surface area contributed by atoms with Gasteiger partial charge in [-0.15, -0.1) is 0 Å². The molecule has 1 aliphatic heterocycles. The SMILES string of the molecule is CCC(NCC1CC=CCC1)c1ccc2c(c1)CCO2. The van der Waals surface area contributed by atoms with Crippen LogP contribution in [-0.2, 0) is 6.42 Å². The summed E-state index contributed by atoms with van der Waals surface area (Å²) in [6.07, 6.45) is 10.7. The molecule has 0 bridgehead atoms. The molecular weight excluding hydrogens is 246 g/mol. The van der Waals surface area contributed by atoms with Gasteiger partial charge in [0.25, 0.3) is 0 Å². The normalized spacial score (nSPS) is 22.4. The van der Waals surface area contributed by atoms with E-state index in [4.69, 9.17) is 4.74 Å². The van der Waals surface area contributed by atoms with E-state index in [1.54, 1.807) is 0 Å². The van der Waals surface area contributed by atoms with Crippen molar-refractivity contribution in [1.29, 1.82) is 0 Å². The highest BCUT2D eigenvalue weighted by Gasteiger charge is 2.17. The summed E-state index contributed by atoms with van der Waals surface area (Å²) < 4.78 is 5.59. The molecular formula is C18H25NO. The number of rotatable bonds is 5. The van der Waals surface area contributed by atoms with Crippen LogP contribution in [0.2, 0.25) is 0 Å². The summed E-state index contributed by atoms with van der Waals surface area (Å²) >= 11 is 0. The van der Waals surface area contributed by atoms with Gasteiger partial charge in [-0.05, 0) is 55.3 Å². The molecule has 1 aromatic carbocycles. The van der Waals surface area contributed by atoms with Crippen molar-refractivity contribution >= 4 is 0 Å². The molecule has 1 heterocycles. The first-order valence-electron chi connectivity index (χ1n) is 8.01. The molecule has 0 saturated carbocycles. The van der Waals surface area contributed by atoms with E-state index in [9.17, 15) is 0 Å². The van der Waals surface area contributed by atoms with Crippen molar-refractivity contribution in [1.82, 2.24) is 5.32 Å². The third-order valence-corrected chi connectivity index (χ3v) is 4.55. The Bertz CT molecular complexity index is 480. The minimum atomic E-state index is 0.479. The highest BCUT2D eigenvalue weighted by molar-refractivity contribution is 5.40. The number of nitrogens with one attached hydrogen (secondary N) is 1. The van der Waals surface area contributed by atoms with Gasteiger partial charge in [0.15, 0.2) is 0 Å². The number of allylic oxidation sites excluding steroid dienone is 2. The molecule has 0 aromatic heterocycles. The molecule has 1 N–H and O–H groups in total. The molecule has 1 aromatic rings. The molecule has 0 amide bonds. The lowest BCUT2D eigenvalue weighted by Gasteiger charge is -2.23.